The lowest BCUT2D eigenvalue weighted by atomic mass is 9.95. The summed E-state index contributed by atoms with van der Waals surface area (Å²) in [6.07, 6.45) is 1.26. The van der Waals surface area contributed by atoms with Gasteiger partial charge in [0.2, 0.25) is 5.75 Å². The molecule has 2 aromatic rings. The average molecular weight is 433 g/mol. The normalized spacial score (nSPS) is 15.8. The van der Waals surface area contributed by atoms with Crippen LogP contribution in [0.2, 0.25) is 5.02 Å². The van der Waals surface area contributed by atoms with Crippen molar-refractivity contribution in [3.63, 3.8) is 0 Å². The fraction of sp³-hybridized carbons (Fsp3) is 0.211. The van der Waals surface area contributed by atoms with Crippen molar-refractivity contribution in [2.45, 2.75) is 13.0 Å². The van der Waals surface area contributed by atoms with E-state index in [0.29, 0.717) is 10.6 Å². The first-order valence-electron chi connectivity index (χ1n) is 8.86. The van der Waals surface area contributed by atoms with Gasteiger partial charge in [-0.15, -0.1) is 0 Å². The summed E-state index contributed by atoms with van der Waals surface area (Å²) in [5.74, 6) is -1.25. The molecule has 1 atom stereocenters. The van der Waals surface area contributed by atoms with Gasteiger partial charge < -0.3 is 30.2 Å². The average Bonchev–Trinajstić information content (AvgIpc) is 2.72. The van der Waals surface area contributed by atoms with E-state index in [-0.39, 0.29) is 30.2 Å². The van der Waals surface area contributed by atoms with Gasteiger partial charge in [0.25, 0.3) is 0 Å². The number of halogens is 1. The maximum Gasteiger partial charge on any atom is 0.406 e. The summed E-state index contributed by atoms with van der Waals surface area (Å²) < 4.78 is 10.7. The number of nitrogens with one attached hydrogen (secondary N) is 2. The Morgan fingerprint density at radius 1 is 1.30 bits per heavy atom. The van der Waals surface area contributed by atoms with Gasteiger partial charge in [0.1, 0.15) is 12.8 Å². The second-order valence-electron chi connectivity index (χ2n) is 6.07. The van der Waals surface area contributed by atoms with Crippen LogP contribution in [0.25, 0.3) is 0 Å². The molecule has 0 fully saturated rings. The highest BCUT2D eigenvalue weighted by molar-refractivity contribution is 6.30. The SMILES string of the molecule is CCOC(=O)C1=C(COc2cccnc2[N+](=O)[O-])NC(=O)NC1c1ccc(Cl)cc1. The van der Waals surface area contributed by atoms with Gasteiger partial charge in [-0.25, -0.2) is 9.59 Å². The number of pyridine rings is 1. The molecule has 10 nitrogen and oxygen atoms in total. The van der Waals surface area contributed by atoms with Crippen molar-refractivity contribution < 1.29 is 24.0 Å². The fourth-order valence-corrected chi connectivity index (χ4v) is 2.99. The highest BCUT2D eigenvalue weighted by Crippen LogP contribution is 2.30. The zero-order valence-corrected chi connectivity index (χ0v) is 16.5. The third-order valence-corrected chi connectivity index (χ3v) is 4.40. The van der Waals surface area contributed by atoms with Crippen molar-refractivity contribution in [2.24, 2.45) is 0 Å². The molecule has 2 heterocycles. The topological polar surface area (TPSA) is 133 Å². The number of aromatic nitrogens is 1. The van der Waals surface area contributed by atoms with E-state index in [9.17, 15) is 19.7 Å². The molecule has 0 saturated carbocycles. The van der Waals surface area contributed by atoms with Gasteiger partial charge >= 0.3 is 17.8 Å². The second-order valence-corrected chi connectivity index (χ2v) is 6.50. The molecule has 2 amide bonds. The van der Waals surface area contributed by atoms with E-state index >= 15 is 0 Å². The number of urea groups is 1. The summed E-state index contributed by atoms with van der Waals surface area (Å²) in [5.41, 5.74) is 0.836. The molecule has 0 saturated heterocycles. The number of benzene rings is 1. The molecule has 30 heavy (non-hydrogen) atoms. The van der Waals surface area contributed by atoms with E-state index in [2.05, 4.69) is 15.6 Å². The number of carbonyl (C=O) groups excluding carboxylic acids is 2. The number of carbonyl (C=O) groups is 2. The van der Waals surface area contributed by atoms with Crippen molar-refractivity contribution in [3.05, 3.63) is 74.6 Å². The lowest BCUT2D eigenvalue weighted by molar-refractivity contribution is -0.390. The predicted octanol–water partition coefficient (Wildman–Crippen LogP) is 2.89. The summed E-state index contributed by atoms with van der Waals surface area (Å²) >= 11 is 5.93. The first-order valence-corrected chi connectivity index (χ1v) is 9.23. The number of hydrogen-bond acceptors (Lipinski definition) is 7. The fourth-order valence-electron chi connectivity index (χ4n) is 2.87. The van der Waals surface area contributed by atoms with Gasteiger partial charge in [0.05, 0.1) is 23.9 Å². The van der Waals surface area contributed by atoms with E-state index in [4.69, 9.17) is 21.1 Å². The maximum atomic E-state index is 12.7. The molecule has 11 heteroatoms. The minimum Gasteiger partial charge on any atom is -0.479 e. The van der Waals surface area contributed by atoms with Crippen LogP contribution in [0.1, 0.15) is 18.5 Å². The minimum absolute atomic E-state index is 0.103. The molecule has 1 unspecified atom stereocenters. The third kappa shape index (κ3) is 4.66. The van der Waals surface area contributed by atoms with Crippen LogP contribution in [-0.2, 0) is 9.53 Å². The predicted molar refractivity (Wildman–Crippen MR) is 106 cm³/mol. The Morgan fingerprint density at radius 3 is 2.70 bits per heavy atom. The molecule has 3 rings (SSSR count). The van der Waals surface area contributed by atoms with Gasteiger partial charge in [-0.2, -0.15) is 0 Å². The highest BCUT2D eigenvalue weighted by Gasteiger charge is 2.34. The minimum atomic E-state index is -0.822. The summed E-state index contributed by atoms with van der Waals surface area (Å²) in [7, 11) is 0. The number of nitrogens with zero attached hydrogens (tertiary/aromatic N) is 2. The Bertz CT molecular complexity index is 1010. The largest absolute Gasteiger partial charge is 0.479 e. The Hall–Kier alpha value is -3.66. The number of amides is 2. The molecule has 1 aromatic heterocycles. The number of hydrogen-bond donors (Lipinski definition) is 2. The van der Waals surface area contributed by atoms with Crippen LogP contribution in [0, 0.1) is 10.1 Å². The third-order valence-electron chi connectivity index (χ3n) is 4.15. The van der Waals surface area contributed by atoms with Gasteiger partial charge in [-0.1, -0.05) is 23.7 Å². The van der Waals surface area contributed by atoms with Gasteiger partial charge in [-0.3, -0.25) is 0 Å². The molecular formula is C19H17ClN4O6. The van der Waals surface area contributed by atoms with E-state index in [1.165, 1.54) is 18.3 Å². The van der Waals surface area contributed by atoms with Crippen molar-refractivity contribution in [3.8, 4) is 5.75 Å². The molecule has 0 spiro atoms. The monoisotopic (exact) mass is 432 g/mol. The van der Waals surface area contributed by atoms with E-state index < -0.39 is 28.8 Å². The van der Waals surface area contributed by atoms with Gasteiger partial charge in [0.15, 0.2) is 0 Å². The first-order chi connectivity index (χ1) is 14.4. The van der Waals surface area contributed by atoms with Crippen LogP contribution in [0.15, 0.2) is 53.9 Å². The highest BCUT2D eigenvalue weighted by atomic mass is 35.5. The van der Waals surface area contributed by atoms with E-state index in [1.54, 1.807) is 31.2 Å². The van der Waals surface area contributed by atoms with Crippen LogP contribution in [0.5, 0.6) is 5.75 Å². The smallest absolute Gasteiger partial charge is 0.406 e. The van der Waals surface area contributed by atoms with Crippen LogP contribution >= 0.6 is 11.6 Å². The summed E-state index contributed by atoms with van der Waals surface area (Å²) in [4.78, 5) is 39.0. The van der Waals surface area contributed by atoms with Crippen molar-refractivity contribution >= 4 is 29.4 Å². The number of esters is 1. The molecule has 1 aliphatic heterocycles. The number of ether oxygens (including phenoxy) is 2. The maximum absolute atomic E-state index is 12.7. The molecule has 1 aliphatic rings. The van der Waals surface area contributed by atoms with Gasteiger partial charge in [0, 0.05) is 5.02 Å². The standard InChI is InChI=1S/C19H17ClN4O6/c1-2-29-18(25)15-13(10-30-14-4-3-9-21-17(14)24(27)28)22-19(26)23-16(15)11-5-7-12(20)8-6-11/h3-9,16H,2,10H2,1H3,(H2,22,23,26). The van der Waals surface area contributed by atoms with Crippen molar-refractivity contribution in [1.82, 2.24) is 15.6 Å². The lowest BCUT2D eigenvalue weighted by Crippen LogP contribution is -2.47. The summed E-state index contributed by atoms with van der Waals surface area (Å²) in [6, 6.07) is 8.05. The number of rotatable bonds is 7. The summed E-state index contributed by atoms with van der Waals surface area (Å²) in [6.45, 7) is 1.45. The van der Waals surface area contributed by atoms with Crippen LogP contribution < -0.4 is 15.4 Å². The zero-order chi connectivity index (χ0) is 21.7. The van der Waals surface area contributed by atoms with Crippen molar-refractivity contribution in [2.75, 3.05) is 13.2 Å². The molecule has 0 aliphatic carbocycles. The van der Waals surface area contributed by atoms with E-state index in [1.807, 2.05) is 0 Å². The van der Waals surface area contributed by atoms with Gasteiger partial charge in [-0.05, 0) is 46.7 Å². The van der Waals surface area contributed by atoms with Crippen LogP contribution in [0.4, 0.5) is 10.6 Å². The molecule has 2 N–H and O–H groups in total. The van der Waals surface area contributed by atoms with Crippen LogP contribution in [0.3, 0.4) is 0 Å². The molecule has 156 valence electrons. The number of nitro groups is 1. The Kier molecular flexibility index (Phi) is 6.48. The zero-order valence-electron chi connectivity index (χ0n) is 15.8. The molecule has 0 radical (unpaired) electrons. The Balaban J connectivity index is 1.99. The summed E-state index contributed by atoms with van der Waals surface area (Å²) in [5, 5.41) is 16.8. The molecule has 0 bridgehead atoms. The van der Waals surface area contributed by atoms with Crippen molar-refractivity contribution in [1.29, 1.82) is 0 Å². The first kappa shape index (κ1) is 21.1. The lowest BCUT2D eigenvalue weighted by Gasteiger charge is -2.29. The molecular weight excluding hydrogens is 416 g/mol. The Morgan fingerprint density at radius 2 is 2.03 bits per heavy atom. The quantitative estimate of drug-likeness (QED) is 0.390. The van der Waals surface area contributed by atoms with E-state index in [0.717, 1.165) is 0 Å². The molecule has 1 aromatic carbocycles. The van der Waals surface area contributed by atoms with Crippen LogP contribution in [-0.4, -0.2) is 35.1 Å². The second kappa shape index (κ2) is 9.23. The Labute approximate surface area is 176 Å².